The summed E-state index contributed by atoms with van der Waals surface area (Å²) in [4.78, 5) is 0. The Labute approximate surface area is 384 Å². The van der Waals surface area contributed by atoms with Crippen molar-refractivity contribution in [3.05, 3.63) is 35.5 Å². The lowest BCUT2D eigenvalue weighted by molar-refractivity contribution is -0.142. The van der Waals surface area contributed by atoms with Gasteiger partial charge in [0.05, 0.1) is 12.2 Å². The molecule has 352 valence electrons. The quantitative estimate of drug-likeness (QED) is 0.215. The van der Waals surface area contributed by atoms with Crippen molar-refractivity contribution in [2.45, 2.75) is 237 Å². The predicted octanol–water partition coefficient (Wildman–Crippen LogP) is 16.4. The highest BCUT2D eigenvalue weighted by Crippen LogP contribution is 2.88. The molecule has 0 aliphatic heterocycles. The maximum atomic E-state index is 10.6. The van der Waals surface area contributed by atoms with Crippen molar-refractivity contribution in [1.29, 1.82) is 0 Å². The average molecular weight is 853 g/mol. The molecule has 7 saturated carbocycles. The van der Waals surface area contributed by atoms with Gasteiger partial charge in [-0.15, -0.1) is 0 Å². The molecule has 2 heteroatoms. The largest absolute Gasteiger partial charge is 0.393 e. The summed E-state index contributed by atoms with van der Waals surface area (Å²) >= 11 is 0. The first-order chi connectivity index (χ1) is 29.0. The van der Waals surface area contributed by atoms with Gasteiger partial charge in [0.25, 0.3) is 0 Å². The van der Waals surface area contributed by atoms with Gasteiger partial charge in [0, 0.05) is 0 Å². The van der Waals surface area contributed by atoms with Crippen LogP contribution in [0.15, 0.2) is 35.5 Å². The third-order valence-electron chi connectivity index (χ3n) is 24.9. The number of aliphatic hydroxyl groups is 2. The Morgan fingerprint density at radius 1 is 0.548 bits per heavy atom. The van der Waals surface area contributed by atoms with E-state index in [4.69, 9.17) is 0 Å². The third kappa shape index (κ3) is 6.83. The van der Waals surface area contributed by atoms with Crippen LogP contribution in [0.3, 0.4) is 0 Å². The van der Waals surface area contributed by atoms with Crippen LogP contribution in [0.5, 0.6) is 0 Å². The van der Waals surface area contributed by atoms with Gasteiger partial charge in [0.2, 0.25) is 0 Å². The predicted molar refractivity (Wildman–Crippen MR) is 263 cm³/mol. The van der Waals surface area contributed by atoms with Crippen LogP contribution in [-0.4, -0.2) is 22.4 Å². The third-order valence-corrected chi connectivity index (χ3v) is 24.9. The lowest BCUT2D eigenvalue weighted by Gasteiger charge is -2.62. The number of hydrogen-bond donors (Lipinski definition) is 2. The maximum absolute atomic E-state index is 10.6. The summed E-state index contributed by atoms with van der Waals surface area (Å²) in [6.45, 7) is 41.1. The van der Waals surface area contributed by atoms with Crippen LogP contribution in [0.4, 0.5) is 0 Å². The fourth-order valence-corrected chi connectivity index (χ4v) is 20.0. The fraction of sp³-hybridized carbons (Fsp3) is 0.900. The molecular weight excluding hydrogens is 753 g/mol. The number of fused-ring (bicyclic) bond motifs is 6. The summed E-state index contributed by atoms with van der Waals surface area (Å²) in [6.07, 6.45) is 27.9. The van der Waals surface area contributed by atoms with Gasteiger partial charge in [0.1, 0.15) is 0 Å². The molecule has 2 N–H and O–H groups in total. The van der Waals surface area contributed by atoms with Gasteiger partial charge < -0.3 is 10.2 Å². The highest BCUT2D eigenvalue weighted by Gasteiger charge is 2.81. The SMILES string of the molecule is C=C(CCC(C)C1CCC2(C)C3=C(CCC12C)C1(C)CCC(O)C(C)C1CC3)C(C)C.C=C(CCC(C)C1CCC2(C)C3CCC4C(C)C(O)CCC45CC35CCC12C)C(C)C. The van der Waals surface area contributed by atoms with Gasteiger partial charge in [-0.25, -0.2) is 0 Å². The first kappa shape index (κ1) is 47.6. The van der Waals surface area contributed by atoms with Crippen LogP contribution in [0.1, 0.15) is 225 Å². The van der Waals surface area contributed by atoms with Crippen LogP contribution in [-0.2, 0) is 0 Å². The summed E-state index contributed by atoms with van der Waals surface area (Å²) in [6, 6.07) is 0. The van der Waals surface area contributed by atoms with Crippen molar-refractivity contribution >= 4 is 0 Å². The van der Waals surface area contributed by atoms with Gasteiger partial charge >= 0.3 is 0 Å². The van der Waals surface area contributed by atoms with E-state index in [1.807, 2.05) is 11.1 Å². The molecule has 0 aromatic heterocycles. The molecule has 0 saturated heterocycles. The van der Waals surface area contributed by atoms with Gasteiger partial charge in [-0.2, -0.15) is 0 Å². The Bertz CT molecular complexity index is 1730. The molecule has 9 aliphatic carbocycles. The molecular formula is C60H100O2. The smallest absolute Gasteiger partial charge is 0.0569 e. The summed E-state index contributed by atoms with van der Waals surface area (Å²) in [7, 11) is 0. The normalized spacial score (nSPS) is 49.9. The molecule has 2 spiro atoms. The molecule has 9 aliphatic rings. The molecule has 0 aromatic carbocycles. The van der Waals surface area contributed by atoms with Crippen LogP contribution in [0.25, 0.3) is 0 Å². The molecule has 18 atom stereocenters. The summed E-state index contributed by atoms with van der Waals surface area (Å²) in [5.74, 6) is 8.03. The summed E-state index contributed by atoms with van der Waals surface area (Å²) in [5.41, 5.74) is 10.1. The Morgan fingerprint density at radius 3 is 1.73 bits per heavy atom. The number of allylic oxidation sites excluding steroid dienone is 4. The van der Waals surface area contributed by atoms with Crippen molar-refractivity contribution in [2.75, 3.05) is 0 Å². The van der Waals surface area contributed by atoms with Crippen molar-refractivity contribution in [3.63, 3.8) is 0 Å². The van der Waals surface area contributed by atoms with Crippen LogP contribution < -0.4 is 0 Å². The number of hydrogen-bond acceptors (Lipinski definition) is 2. The zero-order chi connectivity index (χ0) is 45.2. The molecule has 18 unspecified atom stereocenters. The molecule has 0 radical (unpaired) electrons. The van der Waals surface area contributed by atoms with Crippen molar-refractivity contribution in [3.8, 4) is 0 Å². The Hall–Kier alpha value is -0.860. The number of aliphatic hydroxyl groups excluding tert-OH is 2. The monoisotopic (exact) mass is 853 g/mol. The molecule has 9 rings (SSSR count). The maximum Gasteiger partial charge on any atom is 0.0569 e. The Balaban J connectivity index is 0.000000171. The summed E-state index contributed by atoms with van der Waals surface area (Å²) < 4.78 is 0. The molecule has 0 aromatic rings. The minimum Gasteiger partial charge on any atom is -0.393 e. The van der Waals surface area contributed by atoms with Crippen LogP contribution in [0.2, 0.25) is 0 Å². The van der Waals surface area contributed by atoms with Gasteiger partial charge in [0.15, 0.2) is 0 Å². The average Bonchev–Trinajstić information content (AvgIpc) is 3.69. The van der Waals surface area contributed by atoms with Gasteiger partial charge in [-0.3, -0.25) is 0 Å². The van der Waals surface area contributed by atoms with Gasteiger partial charge in [-0.1, -0.05) is 125 Å². The summed E-state index contributed by atoms with van der Waals surface area (Å²) in [5, 5.41) is 21.2. The second kappa shape index (κ2) is 16.4. The van der Waals surface area contributed by atoms with E-state index in [0.717, 1.165) is 48.3 Å². The first-order valence-electron chi connectivity index (χ1n) is 27.4. The molecule has 62 heavy (non-hydrogen) atoms. The second-order valence-electron chi connectivity index (χ2n) is 27.2. The van der Waals surface area contributed by atoms with E-state index in [-0.39, 0.29) is 12.2 Å². The molecule has 2 nitrogen and oxygen atoms in total. The fourth-order valence-electron chi connectivity index (χ4n) is 20.0. The van der Waals surface area contributed by atoms with E-state index < -0.39 is 0 Å². The second-order valence-corrected chi connectivity index (χ2v) is 27.2. The highest BCUT2D eigenvalue weighted by atomic mass is 16.3. The van der Waals surface area contributed by atoms with Crippen LogP contribution >= 0.6 is 0 Å². The van der Waals surface area contributed by atoms with Crippen molar-refractivity contribution in [1.82, 2.24) is 0 Å². The lowest BCUT2D eigenvalue weighted by Crippen LogP contribution is -2.55. The lowest BCUT2D eigenvalue weighted by atomic mass is 9.43. The van der Waals surface area contributed by atoms with E-state index in [9.17, 15) is 10.2 Å². The van der Waals surface area contributed by atoms with E-state index in [1.165, 1.54) is 133 Å². The van der Waals surface area contributed by atoms with E-state index in [0.29, 0.717) is 67.5 Å². The van der Waals surface area contributed by atoms with E-state index in [2.05, 4.69) is 103 Å². The van der Waals surface area contributed by atoms with E-state index >= 15 is 0 Å². The minimum absolute atomic E-state index is 0.0356. The standard InChI is InChI=1S/2C30H50O/c1-19(2)20(3)8-9-21(4)23-12-14-28(7)26-11-10-24-22(5)25(31)13-15-29(24)18-30(26,29)17-16-27(23,28)6;1-19(2)20(3)9-10-21(4)23-13-17-30(8)26-12-11-24-22(5)27(31)15-16-28(24,6)25(26)14-18-29(23,30)7/h19,21-26,31H,3,8-18H2,1-2,4-7H3;19,21-24,27,31H,3,9-18H2,1-2,4-8H3. The van der Waals surface area contributed by atoms with Crippen molar-refractivity contribution < 1.29 is 10.2 Å². The minimum atomic E-state index is -0.0815. The zero-order valence-electron chi connectivity index (χ0n) is 43.2. The molecule has 0 amide bonds. The van der Waals surface area contributed by atoms with Crippen molar-refractivity contribution in [2.24, 2.45) is 103 Å². The highest BCUT2D eigenvalue weighted by molar-refractivity contribution is 5.38. The topological polar surface area (TPSA) is 40.5 Å². The zero-order valence-corrected chi connectivity index (χ0v) is 43.2. The first-order valence-corrected chi connectivity index (χ1v) is 27.4. The molecule has 0 heterocycles. The molecule has 7 fully saturated rings. The van der Waals surface area contributed by atoms with E-state index in [1.54, 1.807) is 0 Å². The van der Waals surface area contributed by atoms with Gasteiger partial charge in [-0.05, 0) is 238 Å². The van der Waals surface area contributed by atoms with Crippen LogP contribution in [0, 0.1) is 103 Å². The Kier molecular flexibility index (Phi) is 12.6. The Morgan fingerprint density at radius 2 is 1.11 bits per heavy atom. The number of rotatable bonds is 10. The molecule has 0 bridgehead atoms.